The number of hydrogen-bond acceptors (Lipinski definition) is 1. The molecule has 0 atom stereocenters. The van der Waals surface area contributed by atoms with E-state index in [0.717, 1.165) is 0 Å². The Bertz CT molecular complexity index is 547. The van der Waals surface area contributed by atoms with Gasteiger partial charge in [0.2, 0.25) is 0 Å². The van der Waals surface area contributed by atoms with Crippen LogP contribution < -0.4 is 0 Å². The maximum Gasteiger partial charge on any atom is 0.00218 e. The Hall–Kier alpha value is -1.60. The van der Waals surface area contributed by atoms with Gasteiger partial charge in [0, 0.05) is 6.54 Å². The van der Waals surface area contributed by atoms with Gasteiger partial charge in [0.25, 0.3) is 0 Å². The summed E-state index contributed by atoms with van der Waals surface area (Å²) < 4.78 is 0. The van der Waals surface area contributed by atoms with Crippen molar-refractivity contribution >= 4 is 0 Å². The second-order valence-corrected chi connectivity index (χ2v) is 6.22. The van der Waals surface area contributed by atoms with Crippen molar-refractivity contribution in [3.8, 4) is 11.1 Å². The summed E-state index contributed by atoms with van der Waals surface area (Å²) in [6.45, 7) is 5.93. The van der Waals surface area contributed by atoms with Crippen LogP contribution in [0.25, 0.3) is 11.1 Å². The molecule has 0 aromatic heterocycles. The smallest absolute Gasteiger partial charge is 0.00218 e. The number of rotatable bonds is 4. The van der Waals surface area contributed by atoms with Gasteiger partial charge in [-0.1, -0.05) is 60.5 Å². The Morgan fingerprint density at radius 1 is 0.762 bits per heavy atom. The monoisotopic (exact) mass is 279 g/mol. The van der Waals surface area contributed by atoms with E-state index < -0.39 is 0 Å². The zero-order valence-electron chi connectivity index (χ0n) is 13.0. The fraction of sp³-hybridized carbons (Fsp3) is 0.400. The van der Waals surface area contributed by atoms with Crippen molar-refractivity contribution in [1.82, 2.24) is 4.90 Å². The van der Waals surface area contributed by atoms with Gasteiger partial charge in [-0.3, -0.25) is 0 Å². The highest BCUT2D eigenvalue weighted by atomic mass is 15.1. The molecule has 21 heavy (non-hydrogen) atoms. The highest BCUT2D eigenvalue weighted by Gasteiger charge is 2.09. The highest BCUT2D eigenvalue weighted by molar-refractivity contribution is 5.63. The van der Waals surface area contributed by atoms with Gasteiger partial charge in [-0.15, -0.1) is 0 Å². The first-order valence-electron chi connectivity index (χ1n) is 8.19. The molecular formula is C20H25N. The quantitative estimate of drug-likeness (QED) is 0.784. The molecule has 0 saturated carbocycles. The first-order chi connectivity index (χ1) is 10.3. The lowest BCUT2D eigenvalue weighted by Gasteiger charge is -2.26. The summed E-state index contributed by atoms with van der Waals surface area (Å²) in [7, 11) is 0. The fourth-order valence-electron chi connectivity index (χ4n) is 3.08. The van der Waals surface area contributed by atoms with E-state index in [1.807, 2.05) is 0 Å². The van der Waals surface area contributed by atoms with Gasteiger partial charge in [0.15, 0.2) is 0 Å². The number of benzene rings is 2. The standard InChI is InChI=1S/C20H25N/c1-17-5-9-19(10-6-17)20-11-7-18(8-12-20)13-16-21-14-3-2-4-15-21/h5-12H,2-4,13-16H2,1H3. The number of hydrogen-bond donors (Lipinski definition) is 0. The summed E-state index contributed by atoms with van der Waals surface area (Å²) in [6, 6.07) is 17.9. The Kier molecular flexibility index (Phi) is 4.72. The van der Waals surface area contributed by atoms with Gasteiger partial charge in [0.05, 0.1) is 0 Å². The third kappa shape index (κ3) is 3.95. The molecule has 3 rings (SSSR count). The second kappa shape index (κ2) is 6.91. The van der Waals surface area contributed by atoms with Crippen LogP contribution in [0, 0.1) is 6.92 Å². The highest BCUT2D eigenvalue weighted by Crippen LogP contribution is 2.20. The van der Waals surface area contributed by atoms with E-state index in [1.165, 1.54) is 67.6 Å². The molecule has 1 saturated heterocycles. The minimum absolute atomic E-state index is 1.17. The number of likely N-dealkylation sites (tertiary alicyclic amines) is 1. The zero-order valence-corrected chi connectivity index (χ0v) is 13.0. The van der Waals surface area contributed by atoms with Crippen molar-refractivity contribution in [1.29, 1.82) is 0 Å². The Labute approximate surface area is 128 Å². The molecule has 1 nitrogen and oxygen atoms in total. The van der Waals surface area contributed by atoms with Crippen molar-refractivity contribution in [2.24, 2.45) is 0 Å². The second-order valence-electron chi connectivity index (χ2n) is 6.22. The summed E-state index contributed by atoms with van der Waals surface area (Å²) in [4.78, 5) is 2.61. The van der Waals surface area contributed by atoms with E-state index in [1.54, 1.807) is 0 Å². The summed E-state index contributed by atoms with van der Waals surface area (Å²) in [6.07, 6.45) is 5.36. The van der Waals surface area contributed by atoms with Gasteiger partial charge >= 0.3 is 0 Å². The Morgan fingerprint density at radius 3 is 1.95 bits per heavy atom. The number of aryl methyl sites for hydroxylation is 1. The Morgan fingerprint density at radius 2 is 1.33 bits per heavy atom. The lowest BCUT2D eigenvalue weighted by Crippen LogP contribution is -2.31. The van der Waals surface area contributed by atoms with Crippen molar-refractivity contribution in [2.45, 2.75) is 32.6 Å². The van der Waals surface area contributed by atoms with Crippen LogP contribution in [0.5, 0.6) is 0 Å². The maximum atomic E-state index is 2.61. The zero-order chi connectivity index (χ0) is 14.5. The lowest BCUT2D eigenvalue weighted by atomic mass is 10.0. The molecule has 0 aliphatic carbocycles. The molecular weight excluding hydrogens is 254 g/mol. The van der Waals surface area contributed by atoms with Crippen LogP contribution in [0.1, 0.15) is 30.4 Å². The van der Waals surface area contributed by atoms with Crippen LogP contribution >= 0.6 is 0 Å². The third-order valence-electron chi connectivity index (χ3n) is 4.50. The lowest BCUT2D eigenvalue weighted by molar-refractivity contribution is 0.231. The molecule has 1 fully saturated rings. The van der Waals surface area contributed by atoms with Crippen molar-refractivity contribution in [3.05, 3.63) is 59.7 Å². The average molecular weight is 279 g/mol. The van der Waals surface area contributed by atoms with Crippen molar-refractivity contribution < 1.29 is 0 Å². The summed E-state index contributed by atoms with van der Waals surface area (Å²) in [5, 5.41) is 0. The van der Waals surface area contributed by atoms with E-state index in [4.69, 9.17) is 0 Å². The van der Waals surface area contributed by atoms with E-state index in [-0.39, 0.29) is 0 Å². The van der Waals surface area contributed by atoms with Gasteiger partial charge in [0.1, 0.15) is 0 Å². The van der Waals surface area contributed by atoms with E-state index in [9.17, 15) is 0 Å². The normalized spacial score (nSPS) is 16.0. The first kappa shape index (κ1) is 14.3. The average Bonchev–Trinajstić information content (AvgIpc) is 2.55. The van der Waals surface area contributed by atoms with Crippen LogP contribution in [0.15, 0.2) is 48.5 Å². The van der Waals surface area contributed by atoms with E-state index in [2.05, 4.69) is 60.4 Å². The topological polar surface area (TPSA) is 3.24 Å². The third-order valence-corrected chi connectivity index (χ3v) is 4.50. The first-order valence-corrected chi connectivity index (χ1v) is 8.19. The molecule has 1 heterocycles. The summed E-state index contributed by atoms with van der Waals surface area (Å²) in [5.41, 5.74) is 5.40. The number of piperidine rings is 1. The fourth-order valence-corrected chi connectivity index (χ4v) is 3.08. The maximum absolute atomic E-state index is 2.61. The molecule has 1 heteroatoms. The van der Waals surface area contributed by atoms with Gasteiger partial charge in [-0.2, -0.15) is 0 Å². The van der Waals surface area contributed by atoms with Crippen LogP contribution in [0.4, 0.5) is 0 Å². The minimum atomic E-state index is 1.17. The van der Waals surface area contributed by atoms with Crippen LogP contribution in [0.3, 0.4) is 0 Å². The molecule has 0 unspecified atom stereocenters. The Balaban J connectivity index is 1.59. The SMILES string of the molecule is Cc1ccc(-c2ccc(CCN3CCCCC3)cc2)cc1. The molecule has 0 bridgehead atoms. The minimum Gasteiger partial charge on any atom is -0.303 e. The molecule has 0 radical (unpaired) electrons. The molecule has 2 aromatic carbocycles. The predicted octanol–water partition coefficient (Wildman–Crippen LogP) is 4.69. The molecule has 1 aliphatic heterocycles. The largest absolute Gasteiger partial charge is 0.303 e. The van der Waals surface area contributed by atoms with Gasteiger partial charge < -0.3 is 4.90 Å². The van der Waals surface area contributed by atoms with Gasteiger partial charge in [-0.25, -0.2) is 0 Å². The molecule has 0 amide bonds. The van der Waals surface area contributed by atoms with E-state index in [0.29, 0.717) is 0 Å². The van der Waals surface area contributed by atoms with Crippen molar-refractivity contribution in [3.63, 3.8) is 0 Å². The summed E-state index contributed by atoms with van der Waals surface area (Å²) in [5.74, 6) is 0. The molecule has 1 aliphatic rings. The molecule has 0 spiro atoms. The van der Waals surface area contributed by atoms with E-state index >= 15 is 0 Å². The molecule has 110 valence electrons. The molecule has 2 aromatic rings. The molecule has 0 N–H and O–H groups in total. The predicted molar refractivity (Wildman–Crippen MR) is 90.6 cm³/mol. The van der Waals surface area contributed by atoms with Gasteiger partial charge in [-0.05, 0) is 56.0 Å². The number of nitrogens with zero attached hydrogens (tertiary/aromatic N) is 1. The van der Waals surface area contributed by atoms with Crippen LogP contribution in [-0.2, 0) is 6.42 Å². The van der Waals surface area contributed by atoms with Crippen LogP contribution in [-0.4, -0.2) is 24.5 Å². The van der Waals surface area contributed by atoms with Crippen molar-refractivity contribution in [2.75, 3.05) is 19.6 Å². The summed E-state index contributed by atoms with van der Waals surface area (Å²) >= 11 is 0. The van der Waals surface area contributed by atoms with Crippen LogP contribution in [0.2, 0.25) is 0 Å².